The Hall–Kier alpha value is -1.79. The molecule has 0 spiro atoms. The summed E-state index contributed by atoms with van der Waals surface area (Å²) in [5, 5.41) is 10.5. The molecular weight excluding hydrogens is 210 g/mol. The predicted octanol–water partition coefficient (Wildman–Crippen LogP) is 2.24. The Morgan fingerprint density at radius 3 is 2.60 bits per heavy atom. The molecule has 0 amide bonds. The molecule has 0 aliphatic carbocycles. The maximum absolute atomic E-state index is 12.4. The van der Waals surface area contributed by atoms with Crippen molar-refractivity contribution in [2.75, 3.05) is 7.11 Å². The van der Waals surface area contributed by atoms with Gasteiger partial charge in [-0.2, -0.15) is 0 Å². The van der Waals surface area contributed by atoms with Crippen LogP contribution in [0, 0.1) is 17.0 Å². The van der Waals surface area contributed by atoms with Crippen LogP contribution in [0.2, 0.25) is 0 Å². The lowest BCUT2D eigenvalue weighted by atomic mass is 10.2. The molecule has 0 aromatic carbocycles. The van der Waals surface area contributed by atoms with Gasteiger partial charge in [-0.25, -0.2) is 13.8 Å². The van der Waals surface area contributed by atoms with Gasteiger partial charge in [-0.1, -0.05) is 0 Å². The molecule has 1 aromatic heterocycles. The molecule has 0 N–H and O–H groups in total. The van der Waals surface area contributed by atoms with Crippen LogP contribution in [0.1, 0.15) is 17.7 Å². The third-order valence-corrected chi connectivity index (χ3v) is 1.89. The molecule has 82 valence electrons. The number of rotatable bonds is 3. The van der Waals surface area contributed by atoms with Crippen LogP contribution in [0.15, 0.2) is 6.20 Å². The summed E-state index contributed by atoms with van der Waals surface area (Å²) in [6.45, 7) is 1.34. The van der Waals surface area contributed by atoms with Crippen molar-refractivity contribution in [1.82, 2.24) is 4.98 Å². The number of ether oxygens (including phenoxy) is 1. The average Bonchev–Trinajstić information content (AvgIpc) is 2.16. The molecule has 1 heterocycles. The number of pyridine rings is 1. The van der Waals surface area contributed by atoms with Crippen LogP contribution in [0.4, 0.5) is 14.5 Å². The lowest BCUT2D eigenvalue weighted by Gasteiger charge is -2.09. The molecule has 0 saturated heterocycles. The van der Waals surface area contributed by atoms with Crippen LogP contribution in [-0.4, -0.2) is 17.0 Å². The number of hydrogen-bond donors (Lipinski definition) is 0. The van der Waals surface area contributed by atoms with Gasteiger partial charge in [-0.3, -0.25) is 10.1 Å². The lowest BCUT2D eigenvalue weighted by molar-refractivity contribution is -0.385. The number of alkyl halides is 2. The molecule has 15 heavy (non-hydrogen) atoms. The second-order valence-corrected chi connectivity index (χ2v) is 2.74. The second-order valence-electron chi connectivity index (χ2n) is 2.74. The van der Waals surface area contributed by atoms with E-state index in [-0.39, 0.29) is 17.0 Å². The van der Waals surface area contributed by atoms with Crippen molar-refractivity contribution in [1.29, 1.82) is 0 Å². The van der Waals surface area contributed by atoms with Crippen molar-refractivity contribution < 1.29 is 18.4 Å². The van der Waals surface area contributed by atoms with Crippen LogP contribution < -0.4 is 4.74 Å². The number of methoxy groups -OCH3 is 1. The van der Waals surface area contributed by atoms with Gasteiger partial charge in [0, 0.05) is 0 Å². The second kappa shape index (κ2) is 4.16. The monoisotopic (exact) mass is 218 g/mol. The van der Waals surface area contributed by atoms with Gasteiger partial charge >= 0.3 is 0 Å². The molecule has 0 atom stereocenters. The van der Waals surface area contributed by atoms with E-state index in [1.807, 2.05) is 0 Å². The largest absolute Gasteiger partial charge is 0.494 e. The van der Waals surface area contributed by atoms with Gasteiger partial charge in [0.1, 0.15) is 11.9 Å². The van der Waals surface area contributed by atoms with Crippen molar-refractivity contribution in [3.8, 4) is 5.75 Å². The summed E-state index contributed by atoms with van der Waals surface area (Å²) in [5.41, 5.74) is -0.871. The van der Waals surface area contributed by atoms with E-state index in [1.165, 1.54) is 14.0 Å². The first-order valence-corrected chi connectivity index (χ1v) is 3.95. The van der Waals surface area contributed by atoms with Crippen molar-refractivity contribution >= 4 is 5.69 Å². The van der Waals surface area contributed by atoms with Crippen LogP contribution in [0.5, 0.6) is 5.75 Å². The molecule has 0 unspecified atom stereocenters. The summed E-state index contributed by atoms with van der Waals surface area (Å²) in [4.78, 5) is 13.1. The summed E-state index contributed by atoms with van der Waals surface area (Å²) < 4.78 is 29.5. The number of aromatic nitrogens is 1. The molecule has 0 aliphatic heterocycles. The summed E-state index contributed by atoms with van der Waals surface area (Å²) in [6.07, 6.45) is -2.02. The number of hydrogen-bond acceptors (Lipinski definition) is 4. The minimum Gasteiger partial charge on any atom is -0.494 e. The van der Waals surface area contributed by atoms with E-state index in [2.05, 4.69) is 9.72 Å². The fraction of sp³-hybridized carbons (Fsp3) is 0.375. The minimum absolute atomic E-state index is 0.0489. The number of nitrogens with zero attached hydrogens (tertiary/aromatic N) is 2. The molecule has 0 fully saturated rings. The smallest absolute Gasteiger partial charge is 0.294 e. The molecule has 1 aromatic rings. The third-order valence-electron chi connectivity index (χ3n) is 1.89. The van der Waals surface area contributed by atoms with Crippen LogP contribution >= 0.6 is 0 Å². The van der Waals surface area contributed by atoms with E-state index in [9.17, 15) is 18.9 Å². The van der Waals surface area contributed by atoms with Gasteiger partial charge in [-0.05, 0) is 6.92 Å². The van der Waals surface area contributed by atoms with Crippen LogP contribution in [0.3, 0.4) is 0 Å². The Morgan fingerprint density at radius 2 is 2.20 bits per heavy atom. The molecule has 0 bridgehead atoms. The van der Waals surface area contributed by atoms with Crippen molar-refractivity contribution in [3.05, 3.63) is 27.6 Å². The summed E-state index contributed by atoms with van der Waals surface area (Å²) in [5.74, 6) is -0.237. The Bertz CT molecular complexity index is 396. The van der Waals surface area contributed by atoms with Crippen LogP contribution in [0.25, 0.3) is 0 Å². The van der Waals surface area contributed by atoms with E-state index < -0.39 is 17.0 Å². The van der Waals surface area contributed by atoms with Crippen molar-refractivity contribution in [2.24, 2.45) is 0 Å². The zero-order valence-corrected chi connectivity index (χ0v) is 8.03. The molecule has 0 saturated carbocycles. The van der Waals surface area contributed by atoms with Gasteiger partial charge in [0.2, 0.25) is 0 Å². The van der Waals surface area contributed by atoms with Crippen molar-refractivity contribution in [3.63, 3.8) is 0 Å². The van der Waals surface area contributed by atoms with Gasteiger partial charge < -0.3 is 4.74 Å². The fourth-order valence-electron chi connectivity index (χ4n) is 1.19. The summed E-state index contributed by atoms with van der Waals surface area (Å²) in [6, 6.07) is 0. The highest BCUT2D eigenvalue weighted by molar-refractivity contribution is 5.49. The predicted molar refractivity (Wildman–Crippen MR) is 47.1 cm³/mol. The third kappa shape index (κ3) is 2.00. The summed E-state index contributed by atoms with van der Waals surface area (Å²) in [7, 11) is 1.17. The molecular formula is C8H8F2N2O3. The highest BCUT2D eigenvalue weighted by Crippen LogP contribution is 2.34. The standard InChI is InChI=1S/C8H8F2N2O3/c1-4-5(12(13)14)3-11-6(8(9)10)7(4)15-2/h3,8H,1-2H3. The SMILES string of the molecule is COc1c(C(F)F)ncc([N+](=O)[O-])c1C. The normalized spacial score (nSPS) is 10.5. The Morgan fingerprint density at radius 1 is 1.60 bits per heavy atom. The zero-order chi connectivity index (χ0) is 11.6. The molecule has 1 rings (SSSR count). The quantitative estimate of drug-likeness (QED) is 0.576. The molecule has 0 radical (unpaired) electrons. The Balaban J connectivity index is 3.39. The summed E-state index contributed by atoms with van der Waals surface area (Å²) >= 11 is 0. The van der Waals surface area contributed by atoms with Gasteiger partial charge in [0.05, 0.1) is 17.6 Å². The van der Waals surface area contributed by atoms with E-state index in [4.69, 9.17) is 0 Å². The minimum atomic E-state index is -2.82. The maximum atomic E-state index is 12.4. The average molecular weight is 218 g/mol. The highest BCUT2D eigenvalue weighted by atomic mass is 19.3. The van der Waals surface area contributed by atoms with Crippen molar-refractivity contribution in [2.45, 2.75) is 13.3 Å². The van der Waals surface area contributed by atoms with Gasteiger partial charge in [0.15, 0.2) is 5.75 Å². The topological polar surface area (TPSA) is 65.3 Å². The van der Waals surface area contributed by atoms with Crippen LogP contribution in [-0.2, 0) is 0 Å². The Kier molecular flexibility index (Phi) is 3.13. The van der Waals surface area contributed by atoms with E-state index >= 15 is 0 Å². The number of nitro groups is 1. The number of halogens is 2. The first kappa shape index (κ1) is 11.3. The maximum Gasteiger partial charge on any atom is 0.294 e. The van der Waals surface area contributed by atoms with E-state index in [0.717, 1.165) is 6.20 Å². The first-order chi connectivity index (χ1) is 6.99. The molecule has 5 nitrogen and oxygen atoms in total. The van der Waals surface area contributed by atoms with E-state index in [0.29, 0.717) is 0 Å². The van der Waals surface area contributed by atoms with Gasteiger partial charge in [-0.15, -0.1) is 0 Å². The molecule has 0 aliphatic rings. The van der Waals surface area contributed by atoms with Gasteiger partial charge in [0.25, 0.3) is 12.1 Å². The lowest BCUT2D eigenvalue weighted by Crippen LogP contribution is -2.02. The Labute approximate surface area is 83.8 Å². The highest BCUT2D eigenvalue weighted by Gasteiger charge is 2.24. The zero-order valence-electron chi connectivity index (χ0n) is 8.03. The first-order valence-electron chi connectivity index (χ1n) is 3.95. The molecule has 7 heteroatoms. The fourth-order valence-corrected chi connectivity index (χ4v) is 1.19. The van der Waals surface area contributed by atoms with E-state index in [1.54, 1.807) is 0 Å².